The van der Waals surface area contributed by atoms with Gasteiger partial charge in [-0.3, -0.25) is 0 Å². The van der Waals surface area contributed by atoms with Crippen molar-refractivity contribution in [3.8, 4) is 0 Å². The Morgan fingerprint density at radius 1 is 0.923 bits per heavy atom. The molecule has 0 amide bonds. The van der Waals surface area contributed by atoms with E-state index in [0.717, 1.165) is 6.04 Å². The molecular formula is C11H24N2. The van der Waals surface area contributed by atoms with Crippen LogP contribution in [0.25, 0.3) is 0 Å². The Kier molecular flexibility index (Phi) is 6.21. The largest absolute Gasteiger partial charge is 0.320 e. The molecule has 2 nitrogen and oxygen atoms in total. The topological polar surface area (TPSA) is 24.1 Å². The molecule has 13 heavy (non-hydrogen) atoms. The molecule has 0 aromatic heterocycles. The molecule has 2 heteroatoms. The first kappa shape index (κ1) is 11.0. The summed E-state index contributed by atoms with van der Waals surface area (Å²) in [6.07, 6.45) is 9.76. The van der Waals surface area contributed by atoms with Crippen molar-refractivity contribution in [2.45, 2.75) is 51.0 Å². The predicted octanol–water partition coefficient (Wildman–Crippen LogP) is 1.91. The van der Waals surface area contributed by atoms with Crippen LogP contribution in [0.15, 0.2) is 0 Å². The van der Waals surface area contributed by atoms with Crippen LogP contribution in [0.1, 0.15) is 44.9 Å². The lowest BCUT2D eigenvalue weighted by molar-refractivity contribution is 0.566. The molecule has 1 saturated carbocycles. The van der Waals surface area contributed by atoms with E-state index in [4.69, 9.17) is 0 Å². The zero-order valence-corrected chi connectivity index (χ0v) is 8.94. The summed E-state index contributed by atoms with van der Waals surface area (Å²) < 4.78 is 0. The summed E-state index contributed by atoms with van der Waals surface area (Å²) in [7, 11) is 2.03. The Morgan fingerprint density at radius 3 is 2.15 bits per heavy atom. The lowest BCUT2D eigenvalue weighted by Crippen LogP contribution is -2.17. The molecule has 2 N–H and O–H groups in total. The smallest absolute Gasteiger partial charge is 0.00682 e. The third-order valence-corrected chi connectivity index (χ3v) is 2.61. The molecule has 0 atom stereocenters. The number of hydrogen-bond acceptors (Lipinski definition) is 2. The first-order valence-corrected chi connectivity index (χ1v) is 5.81. The van der Waals surface area contributed by atoms with E-state index in [-0.39, 0.29) is 0 Å². The molecule has 0 aromatic carbocycles. The molecule has 1 aliphatic carbocycles. The third-order valence-electron chi connectivity index (χ3n) is 2.61. The summed E-state index contributed by atoms with van der Waals surface area (Å²) in [5.74, 6) is 0. The minimum atomic E-state index is 0.893. The molecule has 78 valence electrons. The maximum Gasteiger partial charge on any atom is 0.00682 e. The van der Waals surface area contributed by atoms with Crippen LogP contribution < -0.4 is 10.6 Å². The molecule has 0 aliphatic heterocycles. The minimum absolute atomic E-state index is 0.893. The summed E-state index contributed by atoms with van der Waals surface area (Å²) in [6, 6.07) is 0.893. The number of nitrogens with one attached hydrogen (secondary N) is 2. The normalized spacial score (nSPS) is 16.4. The second-order valence-corrected chi connectivity index (χ2v) is 4.10. The molecule has 0 bridgehead atoms. The fourth-order valence-corrected chi connectivity index (χ4v) is 1.55. The average molecular weight is 184 g/mol. The number of hydrogen-bond donors (Lipinski definition) is 2. The molecule has 0 unspecified atom stereocenters. The van der Waals surface area contributed by atoms with Crippen LogP contribution in [0, 0.1) is 0 Å². The average Bonchev–Trinajstić information content (AvgIpc) is 2.93. The van der Waals surface area contributed by atoms with Gasteiger partial charge >= 0.3 is 0 Å². The van der Waals surface area contributed by atoms with Gasteiger partial charge in [-0.25, -0.2) is 0 Å². The van der Waals surface area contributed by atoms with Gasteiger partial charge in [-0.05, 0) is 45.8 Å². The Labute approximate surface area is 82.5 Å². The minimum Gasteiger partial charge on any atom is -0.320 e. The van der Waals surface area contributed by atoms with Crippen LogP contribution in [-0.4, -0.2) is 26.2 Å². The molecule has 0 heterocycles. The fraction of sp³-hybridized carbons (Fsp3) is 1.00. The van der Waals surface area contributed by atoms with E-state index in [1.54, 1.807) is 0 Å². The van der Waals surface area contributed by atoms with Gasteiger partial charge in [-0.15, -0.1) is 0 Å². The van der Waals surface area contributed by atoms with E-state index in [2.05, 4.69) is 10.6 Å². The van der Waals surface area contributed by atoms with Gasteiger partial charge in [0.1, 0.15) is 0 Å². The van der Waals surface area contributed by atoms with Crippen molar-refractivity contribution < 1.29 is 0 Å². The third kappa shape index (κ3) is 7.03. The molecular weight excluding hydrogens is 160 g/mol. The van der Waals surface area contributed by atoms with Crippen LogP contribution >= 0.6 is 0 Å². The van der Waals surface area contributed by atoms with Crippen molar-refractivity contribution >= 4 is 0 Å². The summed E-state index contributed by atoms with van der Waals surface area (Å²) in [5, 5.41) is 6.73. The quantitative estimate of drug-likeness (QED) is 0.535. The second-order valence-electron chi connectivity index (χ2n) is 4.10. The zero-order valence-electron chi connectivity index (χ0n) is 8.94. The van der Waals surface area contributed by atoms with Gasteiger partial charge in [-0.1, -0.05) is 19.3 Å². The lowest BCUT2D eigenvalue weighted by atomic mass is 10.1. The van der Waals surface area contributed by atoms with Gasteiger partial charge in [-0.2, -0.15) is 0 Å². The van der Waals surface area contributed by atoms with Gasteiger partial charge < -0.3 is 10.6 Å². The van der Waals surface area contributed by atoms with Crippen molar-refractivity contribution in [1.82, 2.24) is 10.6 Å². The molecule has 1 fully saturated rings. The number of rotatable bonds is 9. The standard InChI is InChI=1S/C11H24N2/c1-12-9-5-3-2-4-6-10-13-11-7-8-11/h11-13H,2-10H2,1H3. The molecule has 0 spiro atoms. The predicted molar refractivity (Wildman–Crippen MR) is 58.0 cm³/mol. The van der Waals surface area contributed by atoms with Gasteiger partial charge in [0.25, 0.3) is 0 Å². The fourth-order valence-electron chi connectivity index (χ4n) is 1.55. The SMILES string of the molecule is CNCCCCCCCNC1CC1. The summed E-state index contributed by atoms with van der Waals surface area (Å²) in [4.78, 5) is 0. The molecule has 0 saturated heterocycles. The lowest BCUT2D eigenvalue weighted by Gasteiger charge is -2.02. The highest BCUT2D eigenvalue weighted by Crippen LogP contribution is 2.18. The first-order valence-electron chi connectivity index (χ1n) is 5.81. The van der Waals surface area contributed by atoms with Crippen molar-refractivity contribution in [2.75, 3.05) is 20.1 Å². The monoisotopic (exact) mass is 184 g/mol. The summed E-state index contributed by atoms with van der Waals surface area (Å²) in [5.41, 5.74) is 0. The van der Waals surface area contributed by atoms with Crippen LogP contribution in [0.3, 0.4) is 0 Å². The number of unbranched alkanes of at least 4 members (excludes halogenated alkanes) is 4. The van der Waals surface area contributed by atoms with Gasteiger partial charge in [0, 0.05) is 6.04 Å². The highest BCUT2D eigenvalue weighted by Gasteiger charge is 2.19. The highest BCUT2D eigenvalue weighted by molar-refractivity contribution is 4.80. The summed E-state index contributed by atoms with van der Waals surface area (Å²) >= 11 is 0. The molecule has 1 rings (SSSR count). The van der Waals surface area contributed by atoms with Crippen molar-refractivity contribution in [1.29, 1.82) is 0 Å². The van der Waals surface area contributed by atoms with E-state index in [0.29, 0.717) is 0 Å². The van der Waals surface area contributed by atoms with Crippen molar-refractivity contribution in [3.05, 3.63) is 0 Å². The Bertz CT molecular complexity index is 111. The van der Waals surface area contributed by atoms with Crippen LogP contribution in [0.2, 0.25) is 0 Å². The van der Waals surface area contributed by atoms with Crippen molar-refractivity contribution in [2.24, 2.45) is 0 Å². The van der Waals surface area contributed by atoms with E-state index in [1.165, 1.54) is 58.0 Å². The molecule has 0 aromatic rings. The van der Waals surface area contributed by atoms with Crippen LogP contribution in [0.4, 0.5) is 0 Å². The Balaban J connectivity index is 1.63. The maximum atomic E-state index is 3.55. The molecule has 1 aliphatic rings. The van der Waals surface area contributed by atoms with E-state index in [1.807, 2.05) is 7.05 Å². The maximum absolute atomic E-state index is 3.55. The second kappa shape index (κ2) is 7.34. The van der Waals surface area contributed by atoms with Crippen molar-refractivity contribution in [3.63, 3.8) is 0 Å². The Morgan fingerprint density at radius 2 is 1.54 bits per heavy atom. The van der Waals surface area contributed by atoms with Crippen LogP contribution in [0.5, 0.6) is 0 Å². The molecule has 0 radical (unpaired) electrons. The van der Waals surface area contributed by atoms with E-state index >= 15 is 0 Å². The highest BCUT2D eigenvalue weighted by atomic mass is 14.9. The summed E-state index contributed by atoms with van der Waals surface area (Å²) in [6.45, 7) is 2.43. The van der Waals surface area contributed by atoms with Crippen LogP contribution in [-0.2, 0) is 0 Å². The first-order chi connectivity index (χ1) is 6.43. The van der Waals surface area contributed by atoms with Gasteiger partial charge in [0.2, 0.25) is 0 Å². The zero-order chi connectivity index (χ0) is 9.36. The Hall–Kier alpha value is -0.0800. The van der Waals surface area contributed by atoms with Gasteiger partial charge in [0.05, 0.1) is 0 Å². The van der Waals surface area contributed by atoms with Gasteiger partial charge in [0.15, 0.2) is 0 Å². The van der Waals surface area contributed by atoms with E-state index in [9.17, 15) is 0 Å². The van der Waals surface area contributed by atoms with E-state index < -0.39 is 0 Å².